The van der Waals surface area contributed by atoms with Gasteiger partial charge in [-0.05, 0) is 35.4 Å². The number of esters is 1. The number of alkyl halides is 6. The molecule has 2 aliphatic rings. The molecule has 45 heavy (non-hydrogen) atoms. The van der Waals surface area contributed by atoms with Crippen LogP contribution in [0.15, 0.2) is 48.5 Å². The molecule has 0 aromatic heterocycles. The molecule has 246 valence electrons. The van der Waals surface area contributed by atoms with E-state index in [0.717, 1.165) is 35.4 Å². The molecule has 2 aliphatic heterocycles. The molecule has 0 aliphatic carbocycles. The number of benzene rings is 2. The molecule has 2 aromatic rings. The zero-order chi connectivity index (χ0) is 32.8. The highest BCUT2D eigenvalue weighted by Crippen LogP contribution is 2.30. The average molecular weight is 643 g/mol. The van der Waals surface area contributed by atoms with Crippen molar-refractivity contribution in [1.29, 1.82) is 0 Å². The topological polar surface area (TPSA) is 73.4 Å². The van der Waals surface area contributed by atoms with Crippen LogP contribution in [0.25, 0.3) is 0 Å². The van der Waals surface area contributed by atoms with Crippen molar-refractivity contribution in [3.05, 3.63) is 70.8 Å². The summed E-state index contributed by atoms with van der Waals surface area (Å²) in [5, 5.41) is 0. The van der Waals surface area contributed by atoms with Crippen LogP contribution in [0.4, 0.5) is 26.3 Å². The van der Waals surface area contributed by atoms with Crippen LogP contribution in [-0.4, -0.2) is 96.9 Å². The van der Waals surface area contributed by atoms with Crippen molar-refractivity contribution in [2.45, 2.75) is 38.3 Å². The molecule has 4 rings (SSSR count). The number of ether oxygens (including phenoxy) is 1. The standard InChI is InChI=1S/C31H36F6N4O4/c1-45-29(44)24(18-27(42)40-14-10-38(11-15-40)20-22-2-6-25(7-3-22)30(32,33)34)19-28(43)41-16-12-39(13-17-41)21-23-4-8-26(9-5-23)31(35,36)37/h2-9,24H,10-21H2,1H3. The number of hydrogen-bond acceptors (Lipinski definition) is 6. The van der Waals surface area contributed by atoms with Gasteiger partial charge in [-0.3, -0.25) is 24.2 Å². The summed E-state index contributed by atoms with van der Waals surface area (Å²) >= 11 is 0. The summed E-state index contributed by atoms with van der Waals surface area (Å²) in [6, 6.07) is 9.96. The summed E-state index contributed by atoms with van der Waals surface area (Å²) in [4.78, 5) is 46.0. The van der Waals surface area contributed by atoms with Crippen LogP contribution >= 0.6 is 0 Å². The van der Waals surface area contributed by atoms with Gasteiger partial charge in [-0.2, -0.15) is 26.3 Å². The van der Waals surface area contributed by atoms with Gasteiger partial charge in [0.2, 0.25) is 11.8 Å². The van der Waals surface area contributed by atoms with E-state index in [2.05, 4.69) is 0 Å². The highest BCUT2D eigenvalue weighted by Gasteiger charge is 2.33. The number of carbonyl (C=O) groups is 3. The molecule has 0 unspecified atom stereocenters. The first-order valence-electron chi connectivity index (χ1n) is 14.6. The van der Waals surface area contributed by atoms with E-state index in [0.29, 0.717) is 65.4 Å². The number of nitrogens with zero attached hydrogens (tertiary/aromatic N) is 4. The van der Waals surface area contributed by atoms with E-state index in [9.17, 15) is 40.7 Å². The number of carbonyl (C=O) groups excluding carboxylic acids is 3. The van der Waals surface area contributed by atoms with Crippen molar-refractivity contribution < 1.29 is 45.5 Å². The van der Waals surface area contributed by atoms with E-state index in [1.807, 2.05) is 9.80 Å². The lowest BCUT2D eigenvalue weighted by Crippen LogP contribution is -2.50. The third-order valence-corrected chi connectivity index (χ3v) is 8.20. The Bertz CT molecular complexity index is 1210. The predicted molar refractivity (Wildman–Crippen MR) is 151 cm³/mol. The van der Waals surface area contributed by atoms with E-state index in [1.165, 1.54) is 31.4 Å². The molecule has 2 fully saturated rings. The van der Waals surface area contributed by atoms with Gasteiger partial charge < -0.3 is 14.5 Å². The van der Waals surface area contributed by atoms with Gasteiger partial charge in [-0.15, -0.1) is 0 Å². The maximum Gasteiger partial charge on any atom is 0.416 e. The van der Waals surface area contributed by atoms with Crippen LogP contribution in [0.2, 0.25) is 0 Å². The first-order valence-corrected chi connectivity index (χ1v) is 14.6. The average Bonchev–Trinajstić information content (AvgIpc) is 3.00. The number of methoxy groups -OCH3 is 1. The normalized spacial score (nSPS) is 17.1. The second kappa shape index (κ2) is 14.6. The van der Waals surface area contributed by atoms with E-state index in [1.54, 1.807) is 9.80 Å². The number of piperazine rings is 2. The van der Waals surface area contributed by atoms with Crippen molar-refractivity contribution in [3.8, 4) is 0 Å². The Morgan fingerprint density at radius 3 is 1.24 bits per heavy atom. The van der Waals surface area contributed by atoms with Crippen LogP contribution in [0.3, 0.4) is 0 Å². The zero-order valence-electron chi connectivity index (χ0n) is 24.9. The molecular weight excluding hydrogens is 606 g/mol. The molecule has 14 heteroatoms. The number of halogens is 6. The zero-order valence-corrected chi connectivity index (χ0v) is 24.9. The van der Waals surface area contributed by atoms with Gasteiger partial charge >= 0.3 is 18.3 Å². The van der Waals surface area contributed by atoms with Gasteiger partial charge in [0.25, 0.3) is 0 Å². The predicted octanol–water partition coefficient (Wildman–Crippen LogP) is 4.28. The molecule has 0 atom stereocenters. The van der Waals surface area contributed by atoms with Crippen molar-refractivity contribution in [2.75, 3.05) is 59.5 Å². The number of rotatable bonds is 9. The van der Waals surface area contributed by atoms with Gasteiger partial charge in [-0.25, -0.2) is 0 Å². The molecule has 0 N–H and O–H groups in total. The Morgan fingerprint density at radius 2 is 0.956 bits per heavy atom. The molecule has 2 heterocycles. The fraction of sp³-hybridized carbons (Fsp3) is 0.516. The van der Waals surface area contributed by atoms with Gasteiger partial charge in [0.15, 0.2) is 0 Å². The van der Waals surface area contributed by atoms with E-state index in [4.69, 9.17) is 4.74 Å². The van der Waals surface area contributed by atoms with Gasteiger partial charge in [0.05, 0.1) is 24.2 Å². The maximum atomic E-state index is 13.1. The van der Waals surface area contributed by atoms with Crippen molar-refractivity contribution in [2.24, 2.45) is 5.92 Å². The van der Waals surface area contributed by atoms with Gasteiger partial charge in [0, 0.05) is 78.3 Å². The maximum absolute atomic E-state index is 13.1. The molecule has 8 nitrogen and oxygen atoms in total. The minimum absolute atomic E-state index is 0.189. The Labute approximate surface area is 257 Å². The molecule has 2 amide bonds. The lowest BCUT2D eigenvalue weighted by molar-refractivity contribution is -0.152. The first-order chi connectivity index (χ1) is 21.2. The molecule has 2 saturated heterocycles. The van der Waals surface area contributed by atoms with Crippen molar-refractivity contribution in [3.63, 3.8) is 0 Å². The Hall–Kier alpha value is -3.65. The summed E-state index contributed by atoms with van der Waals surface area (Å²) in [7, 11) is 1.20. The SMILES string of the molecule is COC(=O)C(CC(=O)N1CCN(Cc2ccc(C(F)(F)F)cc2)CC1)CC(=O)N1CCN(Cc2ccc(C(F)(F)F)cc2)CC1. The monoisotopic (exact) mass is 642 g/mol. The molecule has 0 saturated carbocycles. The largest absolute Gasteiger partial charge is 0.469 e. The van der Waals surface area contributed by atoms with Crippen LogP contribution < -0.4 is 0 Å². The van der Waals surface area contributed by atoms with Crippen molar-refractivity contribution in [1.82, 2.24) is 19.6 Å². The molecule has 2 aromatic carbocycles. The van der Waals surface area contributed by atoms with Crippen molar-refractivity contribution >= 4 is 17.8 Å². The molecule has 0 bridgehead atoms. The Morgan fingerprint density at radius 1 is 0.622 bits per heavy atom. The Kier molecular flexibility index (Phi) is 11.1. The number of amides is 2. The first kappa shape index (κ1) is 34.2. The quantitative estimate of drug-likeness (QED) is 0.301. The lowest BCUT2D eigenvalue weighted by atomic mass is 9.99. The third-order valence-electron chi connectivity index (χ3n) is 8.20. The number of hydrogen-bond donors (Lipinski definition) is 0. The minimum Gasteiger partial charge on any atom is -0.469 e. The van der Waals surface area contributed by atoms with Gasteiger partial charge in [-0.1, -0.05) is 24.3 Å². The Balaban J connectivity index is 1.22. The summed E-state index contributed by atoms with van der Waals surface area (Å²) in [6.07, 6.45) is -9.17. The molecule has 0 radical (unpaired) electrons. The summed E-state index contributed by atoms with van der Waals surface area (Å²) in [5.41, 5.74) is 0.0402. The highest BCUT2D eigenvalue weighted by atomic mass is 19.4. The smallest absolute Gasteiger partial charge is 0.416 e. The van der Waals surface area contributed by atoms with Crippen LogP contribution in [0.5, 0.6) is 0 Å². The fourth-order valence-electron chi connectivity index (χ4n) is 5.51. The second-order valence-corrected chi connectivity index (χ2v) is 11.3. The summed E-state index contributed by atoms with van der Waals surface area (Å²) in [5.74, 6) is -2.17. The molecule has 0 spiro atoms. The van der Waals surface area contributed by atoms with E-state index >= 15 is 0 Å². The summed E-state index contributed by atoms with van der Waals surface area (Å²) < 4.78 is 81.8. The van der Waals surface area contributed by atoms with E-state index in [-0.39, 0.29) is 24.7 Å². The fourth-order valence-corrected chi connectivity index (χ4v) is 5.51. The van der Waals surface area contributed by atoms with Crippen LogP contribution in [-0.2, 0) is 44.6 Å². The second-order valence-electron chi connectivity index (χ2n) is 11.3. The minimum atomic E-state index is -4.40. The van der Waals surface area contributed by atoms with Gasteiger partial charge in [0.1, 0.15) is 0 Å². The molecular formula is C31H36F6N4O4. The van der Waals surface area contributed by atoms with Crippen LogP contribution in [0, 0.1) is 5.92 Å². The lowest BCUT2D eigenvalue weighted by Gasteiger charge is -2.36. The van der Waals surface area contributed by atoms with E-state index < -0.39 is 35.4 Å². The highest BCUT2D eigenvalue weighted by molar-refractivity contribution is 5.87. The third kappa shape index (κ3) is 9.67. The van der Waals surface area contributed by atoms with Crippen LogP contribution in [0.1, 0.15) is 35.1 Å². The summed E-state index contributed by atoms with van der Waals surface area (Å²) in [6.45, 7) is 4.41.